The average molecular weight is 345 g/mol. The summed E-state index contributed by atoms with van der Waals surface area (Å²) in [4.78, 5) is 13.3. The van der Waals surface area contributed by atoms with Gasteiger partial charge in [0.2, 0.25) is 5.91 Å². The highest BCUT2D eigenvalue weighted by atomic mass is 16.3. The zero-order valence-electron chi connectivity index (χ0n) is 14.6. The Morgan fingerprint density at radius 3 is 1.88 bits per heavy atom. The summed E-state index contributed by atoms with van der Waals surface area (Å²) < 4.78 is 0. The normalized spacial score (nSPS) is 14.8. The van der Waals surface area contributed by atoms with E-state index in [0.29, 0.717) is 22.4 Å². The zero-order valence-corrected chi connectivity index (χ0v) is 14.6. The zero-order chi connectivity index (χ0) is 18.5. The highest BCUT2D eigenvalue weighted by Crippen LogP contribution is 2.52. The fourth-order valence-electron chi connectivity index (χ4n) is 3.84. The van der Waals surface area contributed by atoms with Crippen LogP contribution in [0.3, 0.4) is 0 Å². The Bertz CT molecular complexity index is 988. The first-order chi connectivity index (χ1) is 12.4. The second-order valence-corrected chi connectivity index (χ2v) is 6.79. The Balaban J connectivity index is 2.18. The van der Waals surface area contributed by atoms with E-state index in [-0.39, 0.29) is 17.4 Å². The van der Waals surface area contributed by atoms with Gasteiger partial charge in [-0.3, -0.25) is 4.79 Å². The Morgan fingerprint density at radius 1 is 0.769 bits per heavy atom. The molecular weight excluding hydrogens is 326 g/mol. The number of rotatable bonds is 2. The Morgan fingerprint density at radius 2 is 1.31 bits per heavy atom. The molecule has 0 aliphatic carbocycles. The van der Waals surface area contributed by atoms with Gasteiger partial charge in [0.1, 0.15) is 16.9 Å². The number of amides is 1. The van der Waals surface area contributed by atoms with E-state index >= 15 is 0 Å². The highest BCUT2D eigenvalue weighted by molar-refractivity contribution is 6.12. The summed E-state index contributed by atoms with van der Waals surface area (Å²) in [7, 11) is 0. The van der Waals surface area contributed by atoms with Crippen molar-refractivity contribution in [1.82, 2.24) is 0 Å². The van der Waals surface area contributed by atoms with Gasteiger partial charge in [-0.2, -0.15) is 0 Å². The lowest BCUT2D eigenvalue weighted by molar-refractivity contribution is -0.118. The van der Waals surface area contributed by atoms with Crippen LogP contribution in [0.15, 0.2) is 60.7 Å². The molecule has 4 nitrogen and oxygen atoms in total. The first kappa shape index (κ1) is 16.2. The van der Waals surface area contributed by atoms with Crippen LogP contribution in [0.4, 0.5) is 5.69 Å². The number of phenolic OH excluding ortho intramolecular Hbond substituents is 2. The molecule has 1 heterocycles. The first-order valence-electron chi connectivity index (χ1n) is 8.45. The number of nitrogens with one attached hydrogen (secondary N) is 1. The van der Waals surface area contributed by atoms with Crippen molar-refractivity contribution in [2.24, 2.45) is 0 Å². The van der Waals surface area contributed by atoms with Crippen LogP contribution >= 0.6 is 0 Å². The maximum atomic E-state index is 13.3. The minimum Gasteiger partial charge on any atom is -0.508 e. The number of aryl methyl sites for hydroxylation is 2. The van der Waals surface area contributed by atoms with Gasteiger partial charge in [-0.15, -0.1) is 0 Å². The predicted octanol–water partition coefficient (Wildman–Crippen LogP) is 4.00. The molecule has 4 heteroatoms. The van der Waals surface area contributed by atoms with Crippen LogP contribution in [-0.2, 0) is 10.2 Å². The fourth-order valence-corrected chi connectivity index (χ4v) is 3.84. The van der Waals surface area contributed by atoms with Gasteiger partial charge in [0.05, 0.1) is 0 Å². The summed E-state index contributed by atoms with van der Waals surface area (Å²) in [5.74, 6) is -0.257. The molecule has 130 valence electrons. The molecule has 0 saturated carbocycles. The Hall–Kier alpha value is -3.27. The van der Waals surface area contributed by atoms with Gasteiger partial charge in [-0.25, -0.2) is 0 Å². The van der Waals surface area contributed by atoms with Gasteiger partial charge in [-0.05, 0) is 32.0 Å². The molecule has 1 amide bonds. The number of carbonyl (C=O) groups excluding carboxylic acids is 1. The van der Waals surface area contributed by atoms with Crippen molar-refractivity contribution >= 4 is 11.6 Å². The van der Waals surface area contributed by atoms with Crippen molar-refractivity contribution in [3.8, 4) is 11.5 Å². The third kappa shape index (κ3) is 2.12. The number of carbonyl (C=O) groups is 1. The lowest BCUT2D eigenvalue weighted by Crippen LogP contribution is -2.37. The van der Waals surface area contributed by atoms with Gasteiger partial charge < -0.3 is 15.5 Å². The largest absolute Gasteiger partial charge is 0.508 e. The fraction of sp³-hybridized carbons (Fsp3) is 0.136. The van der Waals surface area contributed by atoms with Crippen LogP contribution < -0.4 is 5.32 Å². The van der Waals surface area contributed by atoms with Crippen molar-refractivity contribution < 1.29 is 15.0 Å². The molecule has 3 aromatic carbocycles. The van der Waals surface area contributed by atoms with Gasteiger partial charge in [0.15, 0.2) is 0 Å². The van der Waals surface area contributed by atoms with Crippen LogP contribution in [0.1, 0.15) is 27.8 Å². The predicted molar refractivity (Wildman–Crippen MR) is 101 cm³/mol. The SMILES string of the molecule is Cc1ccc(O)c(C2(c3cc(C)ccc3O)C(=O)Nc3ccccc32)c1. The smallest absolute Gasteiger partial charge is 0.244 e. The van der Waals surface area contributed by atoms with Crippen LogP contribution in [0.2, 0.25) is 0 Å². The maximum absolute atomic E-state index is 13.3. The quantitative estimate of drug-likeness (QED) is 0.657. The topological polar surface area (TPSA) is 69.6 Å². The average Bonchev–Trinajstić information content (AvgIpc) is 2.92. The summed E-state index contributed by atoms with van der Waals surface area (Å²) in [6, 6.07) is 17.8. The number of aromatic hydroxyl groups is 2. The minimum absolute atomic E-state index is 0.0170. The monoisotopic (exact) mass is 345 g/mol. The summed E-state index contributed by atoms with van der Waals surface area (Å²) in [6.07, 6.45) is 0. The second kappa shape index (κ2) is 5.63. The maximum Gasteiger partial charge on any atom is 0.244 e. The third-order valence-electron chi connectivity index (χ3n) is 5.03. The second-order valence-electron chi connectivity index (χ2n) is 6.79. The highest BCUT2D eigenvalue weighted by Gasteiger charge is 2.52. The van der Waals surface area contributed by atoms with Gasteiger partial charge >= 0.3 is 0 Å². The van der Waals surface area contributed by atoms with E-state index in [2.05, 4.69) is 5.32 Å². The number of fused-ring (bicyclic) bond motifs is 1. The van der Waals surface area contributed by atoms with E-state index in [9.17, 15) is 15.0 Å². The number of phenols is 2. The number of benzene rings is 3. The van der Waals surface area contributed by atoms with E-state index in [1.54, 1.807) is 36.4 Å². The number of anilines is 1. The molecule has 3 aromatic rings. The molecule has 4 rings (SSSR count). The van der Waals surface area contributed by atoms with Crippen molar-refractivity contribution in [3.63, 3.8) is 0 Å². The summed E-state index contributed by atoms with van der Waals surface area (Å²) >= 11 is 0. The van der Waals surface area contributed by atoms with E-state index in [1.807, 2.05) is 38.1 Å². The van der Waals surface area contributed by atoms with Crippen LogP contribution in [0.25, 0.3) is 0 Å². The van der Waals surface area contributed by atoms with Crippen molar-refractivity contribution in [1.29, 1.82) is 0 Å². The minimum atomic E-state index is -1.32. The van der Waals surface area contributed by atoms with Gasteiger partial charge in [-0.1, -0.05) is 53.6 Å². The first-order valence-corrected chi connectivity index (χ1v) is 8.45. The molecule has 26 heavy (non-hydrogen) atoms. The molecule has 0 aromatic heterocycles. The molecule has 0 unspecified atom stereocenters. The van der Waals surface area contributed by atoms with Crippen LogP contribution in [0.5, 0.6) is 11.5 Å². The van der Waals surface area contributed by atoms with E-state index in [4.69, 9.17) is 0 Å². The number of hydrogen-bond donors (Lipinski definition) is 3. The summed E-state index contributed by atoms with van der Waals surface area (Å²) in [5.41, 5.74) is 2.83. The lowest BCUT2D eigenvalue weighted by atomic mass is 9.69. The molecular formula is C22H19NO3. The lowest BCUT2D eigenvalue weighted by Gasteiger charge is -2.30. The molecule has 0 saturated heterocycles. The molecule has 0 radical (unpaired) electrons. The van der Waals surface area contributed by atoms with E-state index in [1.165, 1.54) is 0 Å². The Labute approximate surface area is 151 Å². The van der Waals surface area contributed by atoms with Crippen molar-refractivity contribution in [2.45, 2.75) is 19.3 Å². The summed E-state index contributed by atoms with van der Waals surface area (Å²) in [5, 5.41) is 24.2. The standard InChI is InChI=1S/C22H19NO3/c1-13-7-9-19(24)16(11-13)22(17-12-14(2)8-10-20(17)25)15-5-3-4-6-18(15)23-21(22)26/h3-12,24-25H,1-2H3,(H,23,26). The Kier molecular flexibility index (Phi) is 3.51. The van der Waals surface area contributed by atoms with Crippen LogP contribution in [0, 0.1) is 13.8 Å². The molecule has 1 aliphatic rings. The molecule has 3 N–H and O–H groups in total. The molecule has 0 atom stereocenters. The van der Waals surface area contributed by atoms with E-state index < -0.39 is 5.41 Å². The molecule has 0 spiro atoms. The van der Waals surface area contributed by atoms with Crippen molar-refractivity contribution in [2.75, 3.05) is 5.32 Å². The van der Waals surface area contributed by atoms with Crippen LogP contribution in [-0.4, -0.2) is 16.1 Å². The summed E-state index contributed by atoms with van der Waals surface area (Å²) in [6.45, 7) is 3.82. The van der Waals surface area contributed by atoms with Gasteiger partial charge in [0.25, 0.3) is 0 Å². The molecule has 1 aliphatic heterocycles. The molecule has 0 fully saturated rings. The van der Waals surface area contributed by atoms with Gasteiger partial charge in [0, 0.05) is 22.4 Å². The third-order valence-corrected chi connectivity index (χ3v) is 5.03. The number of hydrogen-bond acceptors (Lipinski definition) is 3. The number of para-hydroxylation sites is 1. The molecule has 0 bridgehead atoms. The van der Waals surface area contributed by atoms with E-state index in [0.717, 1.165) is 11.1 Å². The van der Waals surface area contributed by atoms with Crippen molar-refractivity contribution in [3.05, 3.63) is 88.5 Å².